The molecule has 0 aromatic carbocycles. The molecule has 0 aliphatic carbocycles. The first-order chi connectivity index (χ1) is 11.4. The van der Waals surface area contributed by atoms with Crippen LogP contribution >= 0.6 is 0 Å². The van der Waals surface area contributed by atoms with E-state index in [1.165, 1.54) is 0 Å². The molecule has 2 atom stereocenters. The third-order valence-corrected chi connectivity index (χ3v) is 3.72. The van der Waals surface area contributed by atoms with Gasteiger partial charge in [0, 0.05) is 6.04 Å². The molecule has 0 spiro atoms. The van der Waals surface area contributed by atoms with Crippen LogP contribution in [0.25, 0.3) is 0 Å². The molecule has 0 saturated heterocycles. The molecule has 0 saturated carbocycles. The fourth-order valence-corrected chi connectivity index (χ4v) is 2.86. The van der Waals surface area contributed by atoms with Crippen LogP contribution in [0.5, 0.6) is 0 Å². The highest BCUT2D eigenvalue weighted by atomic mass is 16.6. The lowest BCUT2D eigenvalue weighted by Crippen LogP contribution is -2.40. The van der Waals surface area contributed by atoms with E-state index >= 15 is 0 Å². The second-order valence-corrected chi connectivity index (χ2v) is 8.63. The number of hydrogen-bond donors (Lipinski definition) is 1. The van der Waals surface area contributed by atoms with Gasteiger partial charge in [0.05, 0.1) is 12.5 Å². The summed E-state index contributed by atoms with van der Waals surface area (Å²) < 4.78 is 10.6. The molecule has 0 aliphatic rings. The van der Waals surface area contributed by atoms with Crippen LogP contribution in [0.1, 0.15) is 81.1 Å². The standard InChI is InChI=1S/C20H39NO4/c1-9-24-18(22)16(12-14(2)3)10-11-17(13-15(4)5)21-19(23)25-20(6,7)8/h14-17H,9-13H2,1-8H3,(H,21,23)/t16?,17-/m1/s1. The van der Waals surface area contributed by atoms with Crippen molar-refractivity contribution in [1.29, 1.82) is 0 Å². The molecule has 0 aromatic heterocycles. The summed E-state index contributed by atoms with van der Waals surface area (Å²) in [5.74, 6) is 0.634. The fourth-order valence-electron chi connectivity index (χ4n) is 2.86. The second kappa shape index (κ2) is 11.4. The van der Waals surface area contributed by atoms with E-state index in [1.54, 1.807) is 0 Å². The molecular weight excluding hydrogens is 318 g/mol. The quantitative estimate of drug-likeness (QED) is 0.563. The van der Waals surface area contributed by atoms with Crippen molar-refractivity contribution in [3.05, 3.63) is 0 Å². The van der Waals surface area contributed by atoms with Crippen LogP contribution in [0, 0.1) is 17.8 Å². The molecule has 1 amide bonds. The summed E-state index contributed by atoms with van der Waals surface area (Å²) in [6.45, 7) is 16.3. The van der Waals surface area contributed by atoms with E-state index in [0.717, 1.165) is 19.3 Å². The monoisotopic (exact) mass is 357 g/mol. The fraction of sp³-hybridized carbons (Fsp3) is 0.900. The molecular formula is C20H39NO4. The second-order valence-electron chi connectivity index (χ2n) is 8.63. The van der Waals surface area contributed by atoms with Crippen LogP contribution in [0.2, 0.25) is 0 Å². The highest BCUT2D eigenvalue weighted by Crippen LogP contribution is 2.22. The molecule has 5 heteroatoms. The molecule has 0 aromatic rings. The van der Waals surface area contributed by atoms with Crippen LogP contribution in [0.4, 0.5) is 4.79 Å². The lowest BCUT2D eigenvalue weighted by molar-refractivity contribution is -0.148. The highest BCUT2D eigenvalue weighted by molar-refractivity contribution is 5.72. The summed E-state index contributed by atoms with van der Waals surface area (Å²) >= 11 is 0. The van der Waals surface area contributed by atoms with Crippen molar-refractivity contribution in [2.24, 2.45) is 17.8 Å². The highest BCUT2D eigenvalue weighted by Gasteiger charge is 2.25. The summed E-state index contributed by atoms with van der Waals surface area (Å²) in [7, 11) is 0. The Hall–Kier alpha value is -1.26. The summed E-state index contributed by atoms with van der Waals surface area (Å²) in [6.07, 6.45) is 2.73. The van der Waals surface area contributed by atoms with Crippen molar-refractivity contribution < 1.29 is 19.1 Å². The minimum atomic E-state index is -0.516. The van der Waals surface area contributed by atoms with Crippen LogP contribution in [0.15, 0.2) is 0 Å². The van der Waals surface area contributed by atoms with Gasteiger partial charge in [0.1, 0.15) is 5.60 Å². The summed E-state index contributed by atoms with van der Waals surface area (Å²) in [4.78, 5) is 24.3. The first-order valence-electron chi connectivity index (χ1n) is 9.60. The Balaban J connectivity index is 4.80. The Labute approximate surface area is 154 Å². The van der Waals surface area contributed by atoms with Crippen molar-refractivity contribution in [1.82, 2.24) is 5.32 Å². The van der Waals surface area contributed by atoms with Crippen molar-refractivity contribution in [2.75, 3.05) is 6.61 Å². The number of alkyl carbamates (subject to hydrolysis) is 1. The number of carbonyl (C=O) groups excluding carboxylic acids is 2. The Morgan fingerprint density at radius 1 is 0.960 bits per heavy atom. The number of carbonyl (C=O) groups is 2. The zero-order chi connectivity index (χ0) is 19.6. The van der Waals surface area contributed by atoms with E-state index in [9.17, 15) is 9.59 Å². The maximum Gasteiger partial charge on any atom is 0.407 e. The lowest BCUT2D eigenvalue weighted by Gasteiger charge is -2.26. The van der Waals surface area contributed by atoms with Gasteiger partial charge in [0.15, 0.2) is 0 Å². The molecule has 1 N–H and O–H groups in total. The third-order valence-electron chi connectivity index (χ3n) is 3.72. The summed E-state index contributed by atoms with van der Waals surface area (Å²) in [5.41, 5.74) is -0.516. The molecule has 0 aliphatic heterocycles. The minimum Gasteiger partial charge on any atom is -0.466 e. The summed E-state index contributed by atoms with van der Waals surface area (Å²) in [6, 6.07) is -0.000983. The average molecular weight is 358 g/mol. The molecule has 5 nitrogen and oxygen atoms in total. The molecule has 25 heavy (non-hydrogen) atoms. The first-order valence-corrected chi connectivity index (χ1v) is 9.60. The Kier molecular flexibility index (Phi) is 10.8. The van der Waals surface area contributed by atoms with Gasteiger partial charge in [-0.25, -0.2) is 4.79 Å². The van der Waals surface area contributed by atoms with Gasteiger partial charge in [0.2, 0.25) is 0 Å². The van der Waals surface area contributed by atoms with Crippen molar-refractivity contribution in [3.8, 4) is 0 Å². The minimum absolute atomic E-state index is 0.000983. The van der Waals surface area contributed by atoms with Crippen LogP contribution in [-0.4, -0.2) is 30.3 Å². The van der Waals surface area contributed by atoms with Gasteiger partial charge in [-0.3, -0.25) is 4.79 Å². The number of esters is 1. The lowest BCUT2D eigenvalue weighted by atomic mass is 9.89. The maximum absolute atomic E-state index is 12.2. The molecule has 148 valence electrons. The van der Waals surface area contributed by atoms with Crippen molar-refractivity contribution in [3.63, 3.8) is 0 Å². The summed E-state index contributed by atoms with van der Waals surface area (Å²) in [5, 5.41) is 2.97. The van der Waals surface area contributed by atoms with Crippen LogP contribution < -0.4 is 5.32 Å². The molecule has 0 rings (SSSR count). The van der Waals surface area contributed by atoms with E-state index in [0.29, 0.717) is 24.9 Å². The zero-order valence-corrected chi connectivity index (χ0v) is 17.5. The molecule has 0 heterocycles. The predicted octanol–water partition coefficient (Wildman–Crippen LogP) is 4.93. The molecule has 0 fully saturated rings. The van der Waals surface area contributed by atoms with Gasteiger partial charge in [-0.15, -0.1) is 0 Å². The van der Waals surface area contributed by atoms with E-state index < -0.39 is 11.7 Å². The Morgan fingerprint density at radius 2 is 1.52 bits per heavy atom. The Morgan fingerprint density at radius 3 is 1.96 bits per heavy atom. The normalized spacial score (nSPS) is 14.3. The average Bonchev–Trinajstić information content (AvgIpc) is 2.40. The number of ether oxygens (including phenoxy) is 2. The van der Waals surface area contributed by atoms with Gasteiger partial charge >= 0.3 is 12.1 Å². The van der Waals surface area contributed by atoms with Crippen LogP contribution in [-0.2, 0) is 14.3 Å². The number of rotatable bonds is 10. The molecule has 1 unspecified atom stereocenters. The number of nitrogens with one attached hydrogen (secondary N) is 1. The molecule has 0 radical (unpaired) electrons. The van der Waals surface area contributed by atoms with Gasteiger partial charge in [-0.1, -0.05) is 27.7 Å². The van der Waals surface area contributed by atoms with Gasteiger partial charge in [-0.2, -0.15) is 0 Å². The zero-order valence-electron chi connectivity index (χ0n) is 17.5. The third kappa shape index (κ3) is 12.7. The smallest absolute Gasteiger partial charge is 0.407 e. The van der Waals surface area contributed by atoms with E-state index in [4.69, 9.17) is 9.47 Å². The Bertz CT molecular complexity index is 399. The van der Waals surface area contributed by atoms with E-state index in [-0.39, 0.29) is 17.9 Å². The number of amides is 1. The van der Waals surface area contributed by atoms with E-state index in [1.807, 2.05) is 27.7 Å². The largest absolute Gasteiger partial charge is 0.466 e. The van der Waals surface area contributed by atoms with Gasteiger partial charge in [0.25, 0.3) is 0 Å². The maximum atomic E-state index is 12.2. The first kappa shape index (κ1) is 23.7. The topological polar surface area (TPSA) is 64.6 Å². The van der Waals surface area contributed by atoms with Gasteiger partial charge < -0.3 is 14.8 Å². The van der Waals surface area contributed by atoms with Crippen molar-refractivity contribution >= 4 is 12.1 Å². The van der Waals surface area contributed by atoms with Crippen LogP contribution in [0.3, 0.4) is 0 Å². The SMILES string of the molecule is CCOC(=O)C(CC[C@H](CC(C)C)NC(=O)OC(C)(C)C)CC(C)C. The predicted molar refractivity (Wildman–Crippen MR) is 101 cm³/mol. The number of hydrogen-bond acceptors (Lipinski definition) is 4. The molecule has 0 bridgehead atoms. The van der Waals surface area contributed by atoms with Gasteiger partial charge in [-0.05, 0) is 65.2 Å². The van der Waals surface area contributed by atoms with Crippen molar-refractivity contribution in [2.45, 2.75) is 92.7 Å². The van der Waals surface area contributed by atoms with E-state index in [2.05, 4.69) is 33.0 Å².